The van der Waals surface area contributed by atoms with Crippen LogP contribution in [0, 0.1) is 0 Å². The van der Waals surface area contributed by atoms with Gasteiger partial charge in [-0.2, -0.15) is 0 Å². The monoisotopic (exact) mass is 283 g/mol. The highest BCUT2D eigenvalue weighted by atomic mass is 28.3. The lowest BCUT2D eigenvalue weighted by Crippen LogP contribution is -2.23. The number of phenolic OH excluding ortho intramolecular Hbond substituents is 1. The van der Waals surface area contributed by atoms with Crippen LogP contribution in [0.5, 0.6) is 5.75 Å². The van der Waals surface area contributed by atoms with Crippen molar-refractivity contribution in [2.45, 2.75) is 38.8 Å². The minimum atomic E-state index is -0.753. The first-order valence-electron chi connectivity index (χ1n) is 7.20. The van der Waals surface area contributed by atoms with E-state index in [0.29, 0.717) is 16.8 Å². The fourth-order valence-electron chi connectivity index (χ4n) is 2.99. The molecule has 0 saturated carbocycles. The van der Waals surface area contributed by atoms with Gasteiger partial charge in [0.1, 0.15) is 5.75 Å². The molecule has 0 unspecified atom stereocenters. The van der Waals surface area contributed by atoms with Crippen molar-refractivity contribution < 1.29 is 5.11 Å². The Morgan fingerprint density at radius 2 is 1.50 bits per heavy atom. The number of rotatable bonds is 4. The Morgan fingerprint density at radius 3 is 2.00 bits per heavy atom. The smallest absolute Gasteiger partial charge is 0.123 e. The highest BCUT2D eigenvalue weighted by Crippen LogP contribution is 2.36. The maximum absolute atomic E-state index is 10.3. The van der Waals surface area contributed by atoms with Crippen molar-refractivity contribution in [3.05, 3.63) is 48.5 Å². The molecule has 105 valence electrons. The summed E-state index contributed by atoms with van der Waals surface area (Å²) in [6.07, 6.45) is 0. The number of hydrogen-bond acceptors (Lipinski definition) is 1. The summed E-state index contributed by atoms with van der Waals surface area (Å²) in [6, 6.07) is 12.1. The van der Waals surface area contributed by atoms with Crippen LogP contribution in [0.25, 0.3) is 16.0 Å². The lowest BCUT2D eigenvalue weighted by atomic mass is 10.1. The van der Waals surface area contributed by atoms with Crippen LogP contribution >= 0.6 is 0 Å². The zero-order valence-corrected chi connectivity index (χ0v) is 13.8. The predicted octanol–water partition coefficient (Wildman–Crippen LogP) is 5.41. The van der Waals surface area contributed by atoms with Crippen molar-refractivity contribution >= 4 is 24.8 Å². The third-order valence-corrected chi connectivity index (χ3v) is 7.24. The van der Waals surface area contributed by atoms with Gasteiger partial charge in [-0.25, -0.2) is 0 Å². The lowest BCUT2D eigenvalue weighted by Gasteiger charge is -2.26. The molecule has 2 aromatic carbocycles. The van der Waals surface area contributed by atoms with E-state index in [1.54, 1.807) is 0 Å². The minimum Gasteiger partial charge on any atom is -0.507 e. The molecule has 0 atom stereocenters. The predicted molar refractivity (Wildman–Crippen MR) is 90.6 cm³/mol. The van der Waals surface area contributed by atoms with Gasteiger partial charge in [0, 0.05) is 5.56 Å². The van der Waals surface area contributed by atoms with Crippen LogP contribution in [-0.2, 0) is 0 Å². The summed E-state index contributed by atoms with van der Waals surface area (Å²) in [5, 5.41) is 13.7. The van der Waals surface area contributed by atoms with E-state index in [1.807, 2.05) is 24.3 Å². The van der Waals surface area contributed by atoms with Crippen LogP contribution in [0.4, 0.5) is 0 Å². The standard InChI is InChI=1S/C18H23OSi/c1-12(2)20(13(3)4)14(5)17-10-15-8-6-7-9-16(15)11-18(17)19/h6-13,19H,5H2,1-4H3. The summed E-state index contributed by atoms with van der Waals surface area (Å²) >= 11 is 0. The molecule has 0 spiro atoms. The highest BCUT2D eigenvalue weighted by molar-refractivity contribution is 6.81. The molecule has 0 aliphatic heterocycles. The van der Waals surface area contributed by atoms with Crippen LogP contribution in [0.1, 0.15) is 33.3 Å². The Balaban J connectivity index is 2.51. The molecule has 0 heterocycles. The summed E-state index contributed by atoms with van der Waals surface area (Å²) in [6.45, 7) is 13.4. The van der Waals surface area contributed by atoms with Crippen LogP contribution in [-0.4, -0.2) is 13.9 Å². The Labute approximate surface area is 123 Å². The molecule has 1 nitrogen and oxygen atoms in total. The molecule has 1 N–H and O–H groups in total. The maximum atomic E-state index is 10.3. The van der Waals surface area contributed by atoms with Crippen LogP contribution < -0.4 is 0 Å². The third kappa shape index (κ3) is 2.80. The average Bonchev–Trinajstić information content (AvgIpc) is 2.36. The third-order valence-electron chi connectivity index (χ3n) is 3.78. The largest absolute Gasteiger partial charge is 0.507 e. The molecule has 2 rings (SSSR count). The lowest BCUT2D eigenvalue weighted by molar-refractivity contribution is 0.474. The zero-order chi connectivity index (χ0) is 14.9. The second kappa shape index (κ2) is 5.84. The van der Waals surface area contributed by atoms with E-state index in [0.717, 1.165) is 21.5 Å². The van der Waals surface area contributed by atoms with Crippen LogP contribution in [0.2, 0.25) is 11.1 Å². The average molecular weight is 283 g/mol. The maximum Gasteiger partial charge on any atom is 0.123 e. The van der Waals surface area contributed by atoms with Gasteiger partial charge in [-0.15, -0.1) is 0 Å². The number of phenols is 1. The van der Waals surface area contributed by atoms with E-state index >= 15 is 0 Å². The van der Waals surface area contributed by atoms with Gasteiger partial charge in [0.25, 0.3) is 0 Å². The summed E-state index contributed by atoms with van der Waals surface area (Å²) in [7, 11) is -0.753. The molecule has 0 amide bonds. The molecular weight excluding hydrogens is 260 g/mol. The van der Waals surface area contributed by atoms with E-state index in [1.165, 1.54) is 0 Å². The summed E-state index contributed by atoms with van der Waals surface area (Å²) in [5.41, 5.74) is 2.15. The van der Waals surface area contributed by atoms with Gasteiger partial charge in [-0.3, -0.25) is 0 Å². The molecule has 1 radical (unpaired) electrons. The molecule has 0 bridgehead atoms. The van der Waals surface area contributed by atoms with Crippen LogP contribution in [0.3, 0.4) is 0 Å². The normalized spacial score (nSPS) is 11.8. The molecular formula is C18H23OSi. The molecule has 0 aromatic heterocycles. The van der Waals surface area contributed by atoms with Gasteiger partial charge in [-0.1, -0.05) is 63.7 Å². The van der Waals surface area contributed by atoms with Crippen LogP contribution in [0.15, 0.2) is 43.0 Å². The first kappa shape index (κ1) is 14.9. The number of fused-ring (bicyclic) bond motifs is 1. The van der Waals surface area contributed by atoms with E-state index in [4.69, 9.17) is 0 Å². The quantitative estimate of drug-likeness (QED) is 0.744. The van der Waals surface area contributed by atoms with Crippen molar-refractivity contribution in [1.82, 2.24) is 0 Å². The first-order valence-corrected chi connectivity index (χ1v) is 8.85. The molecule has 2 heteroatoms. The Bertz CT molecular complexity index is 620. The molecule has 20 heavy (non-hydrogen) atoms. The second-order valence-electron chi connectivity index (χ2n) is 5.96. The zero-order valence-electron chi connectivity index (χ0n) is 12.8. The minimum absolute atomic E-state index is 0.359. The summed E-state index contributed by atoms with van der Waals surface area (Å²) in [4.78, 5) is 0. The van der Waals surface area contributed by atoms with Gasteiger partial charge in [0.15, 0.2) is 0 Å². The van der Waals surface area contributed by atoms with Crippen molar-refractivity contribution in [2.24, 2.45) is 0 Å². The first-order chi connectivity index (χ1) is 9.41. The molecule has 0 aliphatic carbocycles. The van der Waals surface area contributed by atoms with Crippen molar-refractivity contribution in [2.75, 3.05) is 0 Å². The molecule has 2 aromatic rings. The van der Waals surface area contributed by atoms with Gasteiger partial charge in [-0.05, 0) is 34.0 Å². The van der Waals surface area contributed by atoms with E-state index in [2.05, 4.69) is 46.4 Å². The molecule has 0 saturated heterocycles. The second-order valence-corrected chi connectivity index (χ2v) is 9.78. The van der Waals surface area contributed by atoms with E-state index < -0.39 is 8.80 Å². The Morgan fingerprint density at radius 1 is 1.00 bits per heavy atom. The highest BCUT2D eigenvalue weighted by Gasteiger charge is 2.25. The van der Waals surface area contributed by atoms with Gasteiger partial charge in [0.05, 0.1) is 8.80 Å². The number of benzene rings is 2. The Kier molecular flexibility index (Phi) is 4.34. The fraction of sp³-hybridized carbons (Fsp3) is 0.333. The van der Waals surface area contributed by atoms with Gasteiger partial charge < -0.3 is 5.11 Å². The van der Waals surface area contributed by atoms with Gasteiger partial charge in [0.2, 0.25) is 0 Å². The van der Waals surface area contributed by atoms with E-state index in [-0.39, 0.29) is 0 Å². The Hall–Kier alpha value is -1.54. The van der Waals surface area contributed by atoms with Gasteiger partial charge >= 0.3 is 0 Å². The topological polar surface area (TPSA) is 20.2 Å². The SMILES string of the molecule is C=C(c1cc2ccccc2cc1O)[Si](C(C)C)C(C)C. The fourth-order valence-corrected chi connectivity index (χ4v) is 6.23. The summed E-state index contributed by atoms with van der Waals surface area (Å²) in [5.74, 6) is 0.359. The van der Waals surface area contributed by atoms with E-state index in [9.17, 15) is 5.11 Å². The van der Waals surface area contributed by atoms with Crippen molar-refractivity contribution in [3.8, 4) is 5.75 Å². The molecule has 0 aliphatic rings. The number of aromatic hydroxyl groups is 1. The number of hydrogen-bond donors (Lipinski definition) is 1. The van der Waals surface area contributed by atoms with Crippen molar-refractivity contribution in [1.29, 1.82) is 0 Å². The van der Waals surface area contributed by atoms with Crippen molar-refractivity contribution in [3.63, 3.8) is 0 Å². The molecule has 0 fully saturated rings. The summed E-state index contributed by atoms with van der Waals surface area (Å²) < 4.78 is 0.